The van der Waals surface area contributed by atoms with Crippen LogP contribution in [0, 0.1) is 17.5 Å². The highest BCUT2D eigenvalue weighted by molar-refractivity contribution is 5.73. The van der Waals surface area contributed by atoms with E-state index in [1.807, 2.05) is 6.92 Å². The lowest BCUT2D eigenvalue weighted by Gasteiger charge is -2.18. The average Bonchev–Trinajstić information content (AvgIpc) is 2.80. The first-order valence-corrected chi connectivity index (χ1v) is 6.12. The van der Waals surface area contributed by atoms with Gasteiger partial charge in [-0.2, -0.15) is 0 Å². The summed E-state index contributed by atoms with van der Waals surface area (Å²) in [6.45, 7) is 2.20. The minimum absolute atomic E-state index is 0.116. The Morgan fingerprint density at radius 3 is 2.68 bits per heavy atom. The second-order valence-corrected chi connectivity index (χ2v) is 4.54. The van der Waals surface area contributed by atoms with Crippen molar-refractivity contribution in [3.63, 3.8) is 0 Å². The second-order valence-electron chi connectivity index (χ2n) is 4.54. The summed E-state index contributed by atoms with van der Waals surface area (Å²) in [6.07, 6.45) is 1.08. The summed E-state index contributed by atoms with van der Waals surface area (Å²) in [5.74, 6) is -3.98. The molecule has 1 aliphatic heterocycles. The van der Waals surface area contributed by atoms with Gasteiger partial charge in [-0.25, -0.2) is 18.2 Å². The van der Waals surface area contributed by atoms with Crippen molar-refractivity contribution in [1.82, 2.24) is 0 Å². The zero-order valence-corrected chi connectivity index (χ0v) is 10.5. The Kier molecular flexibility index (Phi) is 3.97. The lowest BCUT2D eigenvalue weighted by atomic mass is 9.90. The van der Waals surface area contributed by atoms with Gasteiger partial charge in [-0.15, -0.1) is 0 Å². The van der Waals surface area contributed by atoms with Gasteiger partial charge in [0.1, 0.15) is 6.61 Å². The highest BCUT2D eigenvalue weighted by Crippen LogP contribution is 2.30. The van der Waals surface area contributed by atoms with Crippen LogP contribution in [0.1, 0.15) is 31.2 Å². The van der Waals surface area contributed by atoms with Crippen molar-refractivity contribution in [2.24, 2.45) is 10.7 Å². The van der Waals surface area contributed by atoms with Crippen molar-refractivity contribution in [2.75, 3.05) is 6.61 Å². The molecule has 0 aromatic heterocycles. The Labute approximate surface area is 109 Å². The van der Waals surface area contributed by atoms with Crippen LogP contribution in [0.15, 0.2) is 17.1 Å². The van der Waals surface area contributed by atoms with Crippen molar-refractivity contribution < 1.29 is 17.9 Å². The van der Waals surface area contributed by atoms with Gasteiger partial charge in [0.05, 0.1) is 6.04 Å². The van der Waals surface area contributed by atoms with Crippen LogP contribution >= 0.6 is 0 Å². The van der Waals surface area contributed by atoms with Gasteiger partial charge >= 0.3 is 0 Å². The lowest BCUT2D eigenvalue weighted by Crippen LogP contribution is -2.14. The van der Waals surface area contributed by atoms with E-state index in [4.69, 9.17) is 10.5 Å². The van der Waals surface area contributed by atoms with Crippen LogP contribution in [-0.4, -0.2) is 18.7 Å². The number of hydrogen-bond donors (Lipinski definition) is 1. The maximum atomic E-state index is 13.7. The number of amidine groups is 1. The maximum Gasteiger partial charge on any atom is 0.282 e. The minimum Gasteiger partial charge on any atom is -0.463 e. The van der Waals surface area contributed by atoms with Crippen LogP contribution in [0.25, 0.3) is 0 Å². The second kappa shape index (κ2) is 5.50. The van der Waals surface area contributed by atoms with E-state index in [-0.39, 0.29) is 23.5 Å². The molecule has 1 heterocycles. The number of nitrogens with zero attached hydrogens (tertiary/aromatic N) is 1. The largest absolute Gasteiger partial charge is 0.463 e. The Morgan fingerprint density at radius 2 is 2.11 bits per heavy atom. The van der Waals surface area contributed by atoms with E-state index in [1.165, 1.54) is 6.07 Å². The molecule has 2 N–H and O–H groups in total. The van der Waals surface area contributed by atoms with Crippen LogP contribution in [0.4, 0.5) is 13.2 Å². The van der Waals surface area contributed by atoms with E-state index in [1.54, 1.807) is 0 Å². The van der Waals surface area contributed by atoms with Gasteiger partial charge in [0, 0.05) is 0 Å². The molecule has 0 saturated heterocycles. The monoisotopic (exact) mass is 272 g/mol. The van der Waals surface area contributed by atoms with Gasteiger partial charge in [-0.05, 0) is 30.4 Å². The zero-order valence-electron chi connectivity index (χ0n) is 10.5. The van der Waals surface area contributed by atoms with Gasteiger partial charge in [-0.1, -0.05) is 13.0 Å². The molecule has 2 atom stereocenters. The molecule has 0 aliphatic carbocycles. The van der Waals surface area contributed by atoms with E-state index in [0.29, 0.717) is 19.4 Å². The van der Waals surface area contributed by atoms with Crippen molar-refractivity contribution in [1.29, 1.82) is 0 Å². The number of nitrogens with two attached hydrogens (primary N) is 1. The Morgan fingerprint density at radius 1 is 1.37 bits per heavy atom. The van der Waals surface area contributed by atoms with Crippen LogP contribution < -0.4 is 5.73 Å². The normalized spacial score (nSPS) is 20.0. The molecule has 0 radical (unpaired) electrons. The molecule has 2 rings (SSSR count). The third-order valence-electron chi connectivity index (χ3n) is 3.29. The summed E-state index contributed by atoms with van der Waals surface area (Å²) < 4.78 is 44.9. The molecule has 3 nitrogen and oxygen atoms in total. The molecule has 0 spiro atoms. The summed E-state index contributed by atoms with van der Waals surface area (Å²) in [6, 6.07) is 2.17. The molecule has 19 heavy (non-hydrogen) atoms. The van der Waals surface area contributed by atoms with Crippen LogP contribution in [0.3, 0.4) is 0 Å². The molecule has 0 fully saturated rings. The third kappa shape index (κ3) is 2.83. The fourth-order valence-corrected chi connectivity index (χ4v) is 2.25. The molecule has 0 amide bonds. The first kappa shape index (κ1) is 13.7. The molecule has 1 aromatic rings. The summed E-state index contributed by atoms with van der Waals surface area (Å²) in [7, 11) is 0. The molecule has 1 aromatic carbocycles. The van der Waals surface area contributed by atoms with Crippen LogP contribution in [0.5, 0.6) is 0 Å². The van der Waals surface area contributed by atoms with Gasteiger partial charge in [0.15, 0.2) is 17.5 Å². The molecule has 1 unspecified atom stereocenters. The highest BCUT2D eigenvalue weighted by atomic mass is 19.2. The Hall–Kier alpha value is -1.72. The minimum atomic E-state index is -1.43. The van der Waals surface area contributed by atoms with E-state index < -0.39 is 17.5 Å². The number of benzene rings is 1. The Bertz CT molecular complexity index is 505. The van der Waals surface area contributed by atoms with E-state index >= 15 is 0 Å². The summed E-state index contributed by atoms with van der Waals surface area (Å²) in [4.78, 5) is 4.05. The smallest absolute Gasteiger partial charge is 0.282 e. The number of ether oxygens (including phenoxy) is 1. The Balaban J connectivity index is 2.20. The number of hydrogen-bond acceptors (Lipinski definition) is 3. The molecule has 0 bridgehead atoms. The van der Waals surface area contributed by atoms with Crippen molar-refractivity contribution in [3.8, 4) is 0 Å². The number of aliphatic imine (C=N–C) groups is 1. The molecule has 1 aliphatic rings. The summed E-state index contributed by atoms with van der Waals surface area (Å²) in [5.41, 5.74) is 5.57. The predicted octanol–water partition coefficient (Wildman–Crippen LogP) is 2.70. The van der Waals surface area contributed by atoms with Gasteiger partial charge in [0.2, 0.25) is 0 Å². The van der Waals surface area contributed by atoms with Gasteiger partial charge in [-0.3, -0.25) is 0 Å². The predicted molar refractivity (Wildman–Crippen MR) is 65.3 cm³/mol. The SMILES string of the molecule is CCC(C[C@H]1COC(N)=N1)c1ccc(F)c(F)c1F. The molecule has 0 saturated carbocycles. The highest BCUT2D eigenvalue weighted by Gasteiger charge is 2.25. The lowest BCUT2D eigenvalue weighted by molar-refractivity contribution is 0.299. The standard InChI is InChI=1S/C13H15F3N2O/c1-2-7(5-8-6-19-13(17)18-8)9-3-4-10(14)12(16)11(9)15/h3-4,7-8H,2,5-6H2,1H3,(H2,17,18)/t7?,8-/m0/s1. The van der Waals surface area contributed by atoms with Crippen LogP contribution in [-0.2, 0) is 4.74 Å². The first-order chi connectivity index (χ1) is 9.02. The third-order valence-corrected chi connectivity index (χ3v) is 3.29. The maximum absolute atomic E-state index is 13.7. The quantitative estimate of drug-likeness (QED) is 0.857. The molecular weight excluding hydrogens is 257 g/mol. The fraction of sp³-hybridized carbons (Fsp3) is 0.462. The van der Waals surface area contributed by atoms with Gasteiger partial charge in [0.25, 0.3) is 6.02 Å². The fourth-order valence-electron chi connectivity index (χ4n) is 2.25. The van der Waals surface area contributed by atoms with Gasteiger partial charge < -0.3 is 10.5 Å². The molecule has 104 valence electrons. The van der Waals surface area contributed by atoms with Crippen molar-refractivity contribution in [3.05, 3.63) is 35.1 Å². The van der Waals surface area contributed by atoms with E-state index in [2.05, 4.69) is 4.99 Å². The zero-order chi connectivity index (χ0) is 14.0. The van der Waals surface area contributed by atoms with Crippen molar-refractivity contribution in [2.45, 2.75) is 31.7 Å². The number of halogens is 3. The van der Waals surface area contributed by atoms with Crippen molar-refractivity contribution >= 4 is 6.02 Å². The van der Waals surface area contributed by atoms with Crippen LogP contribution in [0.2, 0.25) is 0 Å². The summed E-state index contributed by atoms with van der Waals surface area (Å²) >= 11 is 0. The molecular formula is C13H15F3N2O. The average molecular weight is 272 g/mol. The summed E-state index contributed by atoms with van der Waals surface area (Å²) in [5, 5.41) is 0. The van der Waals surface area contributed by atoms with E-state index in [9.17, 15) is 13.2 Å². The number of rotatable bonds is 4. The van der Waals surface area contributed by atoms with E-state index in [0.717, 1.165) is 6.07 Å². The first-order valence-electron chi connectivity index (χ1n) is 6.12. The molecule has 6 heteroatoms. The topological polar surface area (TPSA) is 47.6 Å².